The van der Waals surface area contributed by atoms with Crippen molar-refractivity contribution in [1.29, 1.82) is 0 Å². The lowest BCUT2D eigenvalue weighted by atomic mass is 10.0. The molecule has 0 aliphatic heterocycles. The van der Waals surface area contributed by atoms with Gasteiger partial charge in [0.1, 0.15) is 17.8 Å². The Morgan fingerprint density at radius 1 is 0.525 bits per heavy atom. The zero-order valence-electron chi connectivity index (χ0n) is 26.2. The van der Waals surface area contributed by atoms with E-state index in [2.05, 4.69) is 19.1 Å². The van der Waals surface area contributed by atoms with Crippen LogP contribution in [0.5, 0.6) is 0 Å². The van der Waals surface area contributed by atoms with Crippen molar-refractivity contribution < 1.29 is 34.2 Å². The number of carbonyl (C=O) groups is 3. The number of allylic oxidation sites excluding steroid dienone is 2. The quantitative estimate of drug-likeness (QED) is 0.0498. The Hall–Kier alpha value is -1.89. The Bertz CT molecular complexity index is 652. The number of hydrogen-bond acceptors (Lipinski definition) is 3. The fourth-order valence-corrected chi connectivity index (χ4v) is 5.70. The van der Waals surface area contributed by atoms with Crippen LogP contribution in [0.1, 0.15) is 137 Å². The number of hydrogen-bond donors (Lipinski definition) is 3. The summed E-state index contributed by atoms with van der Waals surface area (Å²) in [6.45, 7) is 8.47. The first kappa shape index (κ1) is 38.1. The number of carboxylic acids is 3. The van der Waals surface area contributed by atoms with Gasteiger partial charge >= 0.3 is 17.9 Å². The Labute approximate surface area is 245 Å². The van der Waals surface area contributed by atoms with Gasteiger partial charge in [-0.25, -0.2) is 0 Å². The van der Waals surface area contributed by atoms with Crippen LogP contribution in [0.4, 0.5) is 0 Å². The number of carboxylic acid groups (broad SMARTS) is 3. The van der Waals surface area contributed by atoms with Gasteiger partial charge in [-0.3, -0.25) is 14.4 Å². The Morgan fingerprint density at radius 2 is 0.825 bits per heavy atom. The zero-order valence-corrected chi connectivity index (χ0v) is 26.2. The van der Waals surface area contributed by atoms with Crippen LogP contribution >= 0.6 is 0 Å². The predicted molar refractivity (Wildman–Crippen MR) is 163 cm³/mol. The molecule has 3 atom stereocenters. The summed E-state index contributed by atoms with van der Waals surface area (Å²) in [5.41, 5.74) is 0. The lowest BCUT2D eigenvalue weighted by Crippen LogP contribution is -2.57. The average Bonchev–Trinajstić information content (AvgIpc) is 2.89. The molecule has 0 aromatic heterocycles. The van der Waals surface area contributed by atoms with Gasteiger partial charge in [-0.15, -0.1) is 0 Å². The standard InChI is InChI=1S/C33H61NO6/c1-5-6-7-8-9-10-11-12-13-14-15-16-17-18-19-20-21-22-23-24-34(25-28(2)31(35)36,26-29(3)32(37)38)27-30(4)33(39)40/h15-16,28-30H,5-14,17-27H2,1-4H3,(H2-,35,36,37,38,39,40)/p+1/b16-15+. The van der Waals surface area contributed by atoms with E-state index in [1.54, 1.807) is 20.8 Å². The van der Waals surface area contributed by atoms with Gasteiger partial charge in [0.2, 0.25) is 0 Å². The highest BCUT2D eigenvalue weighted by Gasteiger charge is 2.38. The molecular weight excluding hydrogens is 506 g/mol. The van der Waals surface area contributed by atoms with Crippen LogP contribution in [0.3, 0.4) is 0 Å². The first-order valence-corrected chi connectivity index (χ1v) is 16.2. The molecule has 3 unspecified atom stereocenters. The van der Waals surface area contributed by atoms with Gasteiger partial charge in [0.25, 0.3) is 0 Å². The molecule has 0 aromatic carbocycles. The lowest BCUT2D eigenvalue weighted by molar-refractivity contribution is -0.934. The molecule has 0 fully saturated rings. The van der Waals surface area contributed by atoms with Gasteiger partial charge in [-0.2, -0.15) is 0 Å². The van der Waals surface area contributed by atoms with Crippen LogP contribution < -0.4 is 0 Å². The highest BCUT2D eigenvalue weighted by molar-refractivity contribution is 5.70. The van der Waals surface area contributed by atoms with E-state index in [1.165, 1.54) is 77.0 Å². The molecule has 234 valence electrons. The van der Waals surface area contributed by atoms with E-state index in [-0.39, 0.29) is 24.1 Å². The monoisotopic (exact) mass is 568 g/mol. The highest BCUT2D eigenvalue weighted by Crippen LogP contribution is 2.22. The molecule has 7 nitrogen and oxygen atoms in total. The second kappa shape index (κ2) is 23.8. The fourth-order valence-electron chi connectivity index (χ4n) is 5.70. The van der Waals surface area contributed by atoms with Gasteiger partial charge in [0, 0.05) is 0 Å². The number of aliphatic carboxylic acids is 3. The molecule has 0 saturated heterocycles. The number of unbranched alkanes of at least 4 members (excludes halogenated alkanes) is 15. The summed E-state index contributed by atoms with van der Waals surface area (Å²) in [6.07, 6.45) is 25.7. The predicted octanol–water partition coefficient (Wildman–Crippen LogP) is 8.17. The van der Waals surface area contributed by atoms with Gasteiger partial charge in [-0.1, -0.05) is 89.7 Å². The molecule has 40 heavy (non-hydrogen) atoms. The molecule has 0 aliphatic carbocycles. The molecule has 0 heterocycles. The first-order valence-electron chi connectivity index (χ1n) is 16.2. The van der Waals surface area contributed by atoms with E-state index in [1.807, 2.05) is 0 Å². The van der Waals surface area contributed by atoms with Crippen molar-refractivity contribution >= 4 is 17.9 Å². The van der Waals surface area contributed by atoms with Crippen LogP contribution in [-0.4, -0.2) is 63.9 Å². The van der Waals surface area contributed by atoms with E-state index in [9.17, 15) is 29.7 Å². The van der Waals surface area contributed by atoms with E-state index >= 15 is 0 Å². The van der Waals surface area contributed by atoms with Crippen molar-refractivity contribution in [3.8, 4) is 0 Å². The molecule has 0 saturated carbocycles. The molecule has 0 aliphatic rings. The highest BCUT2D eigenvalue weighted by atomic mass is 16.4. The first-order chi connectivity index (χ1) is 19.0. The van der Waals surface area contributed by atoms with Crippen LogP contribution in [-0.2, 0) is 14.4 Å². The SMILES string of the molecule is CCCCCCCCCCC/C=C/CCCCCCCC[N+](CC(C)C(=O)O)(CC(C)C(=O)O)CC(C)C(=O)O. The minimum Gasteiger partial charge on any atom is -0.481 e. The summed E-state index contributed by atoms with van der Waals surface area (Å²) in [7, 11) is 0. The summed E-state index contributed by atoms with van der Waals surface area (Å²) < 4.78 is 0.220. The molecule has 7 heteroatoms. The maximum Gasteiger partial charge on any atom is 0.311 e. The summed E-state index contributed by atoms with van der Waals surface area (Å²) in [5, 5.41) is 28.6. The topological polar surface area (TPSA) is 112 Å². The number of nitrogens with zero attached hydrogens (tertiary/aromatic N) is 1. The van der Waals surface area contributed by atoms with Gasteiger partial charge in [-0.05, 0) is 59.3 Å². The number of quaternary nitrogens is 1. The smallest absolute Gasteiger partial charge is 0.311 e. The Balaban J connectivity index is 4.34. The molecule has 3 N–H and O–H groups in total. The van der Waals surface area contributed by atoms with Crippen molar-refractivity contribution in [1.82, 2.24) is 0 Å². The van der Waals surface area contributed by atoms with E-state index in [0.717, 1.165) is 32.1 Å². The number of rotatable bonds is 28. The molecular formula is C33H62NO6+. The van der Waals surface area contributed by atoms with Gasteiger partial charge < -0.3 is 19.8 Å². The van der Waals surface area contributed by atoms with Crippen LogP contribution in [0.15, 0.2) is 12.2 Å². The Morgan fingerprint density at radius 3 is 1.15 bits per heavy atom. The summed E-state index contributed by atoms with van der Waals surface area (Å²) in [5.74, 6) is -4.82. The largest absolute Gasteiger partial charge is 0.481 e. The Kier molecular flexibility index (Phi) is 22.7. The zero-order chi connectivity index (χ0) is 30.2. The van der Waals surface area contributed by atoms with Crippen molar-refractivity contribution in [2.75, 3.05) is 26.2 Å². The molecule has 0 radical (unpaired) electrons. The molecule has 0 bridgehead atoms. The van der Waals surface area contributed by atoms with Crippen molar-refractivity contribution in [2.24, 2.45) is 17.8 Å². The van der Waals surface area contributed by atoms with Crippen LogP contribution in [0, 0.1) is 17.8 Å². The van der Waals surface area contributed by atoms with Gasteiger partial charge in [0.15, 0.2) is 0 Å². The lowest BCUT2D eigenvalue weighted by Gasteiger charge is -2.42. The van der Waals surface area contributed by atoms with Crippen molar-refractivity contribution in [3.05, 3.63) is 12.2 Å². The second-order valence-corrected chi connectivity index (χ2v) is 12.3. The normalized spacial score (nSPS) is 15.5. The maximum absolute atomic E-state index is 11.6. The van der Waals surface area contributed by atoms with Crippen molar-refractivity contribution in [2.45, 2.75) is 137 Å². The van der Waals surface area contributed by atoms with E-state index < -0.39 is 35.7 Å². The average molecular weight is 569 g/mol. The molecule has 0 aromatic rings. The third kappa shape index (κ3) is 20.1. The minimum absolute atomic E-state index is 0.220. The molecule has 0 rings (SSSR count). The molecule has 0 spiro atoms. The third-order valence-electron chi connectivity index (χ3n) is 8.14. The van der Waals surface area contributed by atoms with Crippen LogP contribution in [0.2, 0.25) is 0 Å². The van der Waals surface area contributed by atoms with E-state index in [0.29, 0.717) is 6.54 Å². The fraction of sp³-hybridized carbons (Fsp3) is 0.848. The van der Waals surface area contributed by atoms with E-state index in [4.69, 9.17) is 0 Å². The third-order valence-corrected chi connectivity index (χ3v) is 8.14. The molecule has 0 amide bonds. The van der Waals surface area contributed by atoms with Gasteiger partial charge in [0.05, 0.1) is 26.2 Å². The van der Waals surface area contributed by atoms with Crippen LogP contribution in [0.25, 0.3) is 0 Å². The summed E-state index contributed by atoms with van der Waals surface area (Å²) >= 11 is 0. The summed E-state index contributed by atoms with van der Waals surface area (Å²) in [6, 6.07) is 0. The maximum atomic E-state index is 11.6. The second-order valence-electron chi connectivity index (χ2n) is 12.3. The minimum atomic E-state index is -0.935. The van der Waals surface area contributed by atoms with Crippen molar-refractivity contribution in [3.63, 3.8) is 0 Å². The summed E-state index contributed by atoms with van der Waals surface area (Å²) in [4.78, 5) is 34.9.